The predicted molar refractivity (Wildman–Crippen MR) is 118 cm³/mol. The molecule has 154 valence electrons. The highest BCUT2D eigenvalue weighted by Gasteiger charge is 2.27. The number of thiazole rings is 1. The fourth-order valence-electron chi connectivity index (χ4n) is 3.71. The molecule has 1 aliphatic rings. The topological polar surface area (TPSA) is 89.7 Å². The van der Waals surface area contributed by atoms with E-state index in [9.17, 15) is 4.79 Å². The average molecular weight is 433 g/mol. The van der Waals surface area contributed by atoms with Gasteiger partial charge < -0.3 is 20.5 Å². The summed E-state index contributed by atoms with van der Waals surface area (Å²) in [6.45, 7) is 5.06. The molecular formula is C20H24N4O3S2. The second-order valence-electron chi connectivity index (χ2n) is 6.92. The molecule has 0 aliphatic carbocycles. The monoisotopic (exact) mass is 432 g/mol. The van der Waals surface area contributed by atoms with Gasteiger partial charge in [0.1, 0.15) is 22.0 Å². The summed E-state index contributed by atoms with van der Waals surface area (Å²) in [5.74, 6) is 0.971. The van der Waals surface area contributed by atoms with Crippen LogP contribution in [0.25, 0.3) is 10.2 Å². The van der Waals surface area contributed by atoms with Crippen molar-refractivity contribution in [3.8, 4) is 11.5 Å². The van der Waals surface area contributed by atoms with Gasteiger partial charge in [-0.25, -0.2) is 4.98 Å². The summed E-state index contributed by atoms with van der Waals surface area (Å²) in [4.78, 5) is 20.5. The molecule has 0 bridgehead atoms. The quantitative estimate of drug-likeness (QED) is 0.587. The molecule has 1 aromatic carbocycles. The summed E-state index contributed by atoms with van der Waals surface area (Å²) in [5.41, 5.74) is 8.19. The molecule has 9 heteroatoms. The molecule has 0 atom stereocenters. The molecule has 0 unspecified atom stereocenters. The molecule has 0 spiro atoms. The third kappa shape index (κ3) is 3.77. The summed E-state index contributed by atoms with van der Waals surface area (Å²) in [6, 6.07) is 3.74. The van der Waals surface area contributed by atoms with Crippen molar-refractivity contribution in [1.29, 1.82) is 0 Å². The van der Waals surface area contributed by atoms with Crippen LogP contribution in [0.15, 0.2) is 12.1 Å². The molecule has 0 radical (unpaired) electrons. The van der Waals surface area contributed by atoms with Gasteiger partial charge in [-0.15, -0.1) is 11.3 Å². The molecule has 2 aromatic heterocycles. The van der Waals surface area contributed by atoms with Gasteiger partial charge in [0.15, 0.2) is 5.13 Å². The number of methoxy groups -OCH3 is 2. The van der Waals surface area contributed by atoms with Crippen molar-refractivity contribution in [3.05, 3.63) is 28.1 Å². The van der Waals surface area contributed by atoms with Crippen LogP contribution < -0.4 is 20.5 Å². The number of benzene rings is 1. The Morgan fingerprint density at radius 2 is 2.14 bits per heavy atom. The molecule has 4 rings (SSSR count). The van der Waals surface area contributed by atoms with Crippen molar-refractivity contribution in [1.82, 2.24) is 9.88 Å². The predicted octanol–water partition coefficient (Wildman–Crippen LogP) is 3.99. The van der Waals surface area contributed by atoms with E-state index in [1.165, 1.54) is 16.2 Å². The number of fused-ring (bicyclic) bond motifs is 2. The number of anilines is 2. The van der Waals surface area contributed by atoms with Gasteiger partial charge in [-0.05, 0) is 31.0 Å². The van der Waals surface area contributed by atoms with Crippen LogP contribution in [0.5, 0.6) is 11.5 Å². The molecule has 3 heterocycles. The Hall–Kier alpha value is -2.36. The van der Waals surface area contributed by atoms with Gasteiger partial charge in [-0.2, -0.15) is 0 Å². The van der Waals surface area contributed by atoms with Crippen LogP contribution in [-0.4, -0.2) is 43.1 Å². The van der Waals surface area contributed by atoms with Gasteiger partial charge in [-0.3, -0.25) is 9.69 Å². The van der Waals surface area contributed by atoms with Crippen molar-refractivity contribution in [2.45, 2.75) is 26.3 Å². The maximum absolute atomic E-state index is 12.2. The Kier molecular flexibility index (Phi) is 5.62. The third-order valence-electron chi connectivity index (χ3n) is 5.03. The fourth-order valence-corrected chi connectivity index (χ4v) is 5.99. The van der Waals surface area contributed by atoms with Crippen LogP contribution in [0, 0.1) is 0 Å². The summed E-state index contributed by atoms with van der Waals surface area (Å²) in [5, 5.41) is 4.81. The SMILES string of the molecule is CCCN1CCc2c(sc(Nc3nc4c(OC)cc(OC)cc4s3)c2C(N)=O)C1. The number of carbonyl (C=O) groups excluding carboxylic acids is 1. The zero-order chi connectivity index (χ0) is 20.5. The molecule has 3 aromatic rings. The van der Waals surface area contributed by atoms with Crippen LogP contribution in [0.3, 0.4) is 0 Å². The largest absolute Gasteiger partial charge is 0.497 e. The van der Waals surface area contributed by atoms with Crippen molar-refractivity contribution >= 4 is 48.9 Å². The first kappa shape index (κ1) is 19.9. The lowest BCUT2D eigenvalue weighted by atomic mass is 10.0. The highest BCUT2D eigenvalue weighted by atomic mass is 32.1. The summed E-state index contributed by atoms with van der Waals surface area (Å²) in [7, 11) is 3.24. The summed E-state index contributed by atoms with van der Waals surface area (Å²) in [6.07, 6.45) is 1.96. The van der Waals surface area contributed by atoms with E-state index in [0.29, 0.717) is 22.2 Å². The Labute approximate surface area is 177 Å². The molecule has 0 saturated heterocycles. The number of hydrogen-bond donors (Lipinski definition) is 2. The molecule has 7 nitrogen and oxygen atoms in total. The van der Waals surface area contributed by atoms with E-state index >= 15 is 0 Å². The molecule has 0 saturated carbocycles. The third-order valence-corrected chi connectivity index (χ3v) is 7.08. The smallest absolute Gasteiger partial charge is 0.251 e. The number of rotatable bonds is 7. The van der Waals surface area contributed by atoms with Crippen molar-refractivity contribution < 1.29 is 14.3 Å². The molecular weight excluding hydrogens is 408 g/mol. The minimum absolute atomic E-state index is 0.394. The van der Waals surface area contributed by atoms with Crippen LogP contribution in [-0.2, 0) is 13.0 Å². The van der Waals surface area contributed by atoms with E-state index < -0.39 is 5.91 Å². The van der Waals surface area contributed by atoms with Gasteiger partial charge in [0.25, 0.3) is 5.91 Å². The molecule has 1 aliphatic heterocycles. The number of amides is 1. The first-order valence-electron chi connectivity index (χ1n) is 9.50. The molecule has 0 fully saturated rings. The van der Waals surface area contributed by atoms with E-state index in [-0.39, 0.29) is 0 Å². The van der Waals surface area contributed by atoms with Crippen LogP contribution >= 0.6 is 22.7 Å². The minimum atomic E-state index is -0.394. The van der Waals surface area contributed by atoms with Gasteiger partial charge >= 0.3 is 0 Å². The number of aromatic nitrogens is 1. The summed E-state index contributed by atoms with van der Waals surface area (Å²) >= 11 is 3.09. The number of thiophene rings is 1. The van der Waals surface area contributed by atoms with Gasteiger partial charge in [0.2, 0.25) is 0 Å². The van der Waals surface area contributed by atoms with Gasteiger partial charge in [0.05, 0.1) is 24.5 Å². The van der Waals surface area contributed by atoms with Gasteiger partial charge in [0, 0.05) is 24.0 Å². The first-order valence-corrected chi connectivity index (χ1v) is 11.1. The highest BCUT2D eigenvalue weighted by Crippen LogP contribution is 2.41. The molecule has 29 heavy (non-hydrogen) atoms. The van der Waals surface area contributed by atoms with Crippen LogP contribution in [0.4, 0.5) is 10.1 Å². The summed E-state index contributed by atoms with van der Waals surface area (Å²) < 4.78 is 11.7. The first-order chi connectivity index (χ1) is 14.0. The maximum Gasteiger partial charge on any atom is 0.251 e. The second-order valence-corrected chi connectivity index (χ2v) is 9.05. The minimum Gasteiger partial charge on any atom is -0.497 e. The number of carbonyl (C=O) groups is 1. The van der Waals surface area contributed by atoms with E-state index in [1.54, 1.807) is 25.6 Å². The number of hydrogen-bond acceptors (Lipinski definition) is 8. The second kappa shape index (κ2) is 8.17. The normalized spacial score (nSPS) is 14.0. The number of nitrogens with two attached hydrogens (primary N) is 1. The van der Waals surface area contributed by atoms with E-state index in [2.05, 4.69) is 22.1 Å². The van der Waals surface area contributed by atoms with E-state index in [0.717, 1.165) is 53.3 Å². The Morgan fingerprint density at radius 1 is 1.31 bits per heavy atom. The van der Waals surface area contributed by atoms with Gasteiger partial charge in [-0.1, -0.05) is 18.3 Å². The molecule has 3 N–H and O–H groups in total. The van der Waals surface area contributed by atoms with Crippen molar-refractivity contribution in [2.24, 2.45) is 5.73 Å². The number of nitrogens with one attached hydrogen (secondary N) is 1. The zero-order valence-electron chi connectivity index (χ0n) is 16.7. The number of ether oxygens (including phenoxy) is 2. The fraction of sp³-hybridized carbons (Fsp3) is 0.400. The average Bonchev–Trinajstić information content (AvgIpc) is 3.27. The lowest BCUT2D eigenvalue weighted by molar-refractivity contribution is 0.1000. The van der Waals surface area contributed by atoms with E-state index in [1.807, 2.05) is 12.1 Å². The van der Waals surface area contributed by atoms with Crippen LogP contribution in [0.1, 0.15) is 34.1 Å². The lowest BCUT2D eigenvalue weighted by Gasteiger charge is -2.26. The highest BCUT2D eigenvalue weighted by molar-refractivity contribution is 7.23. The Morgan fingerprint density at radius 3 is 2.83 bits per heavy atom. The standard InChI is InChI=1S/C20H24N4O3S2/c1-4-6-24-7-5-12-15(10-24)28-19(16(12)18(21)25)23-20-22-17-13(27-3)8-11(26-2)9-14(17)29-20/h8-9H,4-7,10H2,1-3H3,(H2,21,25)(H,22,23). The van der Waals surface area contributed by atoms with Crippen LogP contribution in [0.2, 0.25) is 0 Å². The number of primary amides is 1. The Bertz CT molecular complexity index is 1060. The maximum atomic E-state index is 12.2. The van der Waals surface area contributed by atoms with Crippen molar-refractivity contribution in [2.75, 3.05) is 32.6 Å². The zero-order valence-corrected chi connectivity index (χ0v) is 18.3. The number of nitrogens with zero attached hydrogens (tertiary/aromatic N) is 2. The lowest BCUT2D eigenvalue weighted by Crippen LogP contribution is -2.31. The van der Waals surface area contributed by atoms with E-state index in [4.69, 9.17) is 15.2 Å². The Balaban J connectivity index is 1.70. The molecule has 1 amide bonds. The van der Waals surface area contributed by atoms with Crippen molar-refractivity contribution in [3.63, 3.8) is 0 Å².